The van der Waals surface area contributed by atoms with Crippen molar-refractivity contribution in [2.45, 2.75) is 46.7 Å². The average Bonchev–Trinajstić information content (AvgIpc) is 3.40. The first-order chi connectivity index (χ1) is 18.7. The summed E-state index contributed by atoms with van der Waals surface area (Å²) in [5.74, 6) is -0.233. The monoisotopic (exact) mass is 557 g/mol. The van der Waals surface area contributed by atoms with E-state index >= 15 is 0 Å². The Balaban J connectivity index is 1.62. The molecule has 2 atom stereocenters. The van der Waals surface area contributed by atoms with E-state index < -0.39 is 0 Å². The van der Waals surface area contributed by atoms with Gasteiger partial charge in [-0.25, -0.2) is 0 Å². The number of amides is 1. The Morgan fingerprint density at radius 3 is 2.49 bits per heavy atom. The SMILES string of the molecule is Cc1cccc(-n2c(C)cc([C@@H]3[C@@H](c4ccccn4)NC(=S)N3c3ccc(NC(=O)C(C)C)c(Cl)c3)c2C)c1. The van der Waals surface area contributed by atoms with E-state index in [1.807, 2.05) is 50.2 Å². The molecule has 200 valence electrons. The molecule has 1 aliphatic heterocycles. The Morgan fingerprint density at radius 1 is 1.03 bits per heavy atom. The van der Waals surface area contributed by atoms with Crippen molar-refractivity contribution in [3.05, 3.63) is 106 Å². The third-order valence-electron chi connectivity index (χ3n) is 7.16. The fourth-order valence-corrected chi connectivity index (χ4v) is 5.80. The van der Waals surface area contributed by atoms with Gasteiger partial charge >= 0.3 is 0 Å². The number of anilines is 2. The summed E-state index contributed by atoms with van der Waals surface area (Å²) in [6.07, 6.45) is 1.80. The predicted octanol–water partition coefficient (Wildman–Crippen LogP) is 7.22. The number of halogens is 1. The zero-order chi connectivity index (χ0) is 27.8. The summed E-state index contributed by atoms with van der Waals surface area (Å²) in [5.41, 5.74) is 8.06. The minimum absolute atomic E-state index is 0.0836. The molecule has 6 nitrogen and oxygen atoms in total. The second-order valence-corrected chi connectivity index (χ2v) is 11.1. The molecular weight excluding hydrogens is 526 g/mol. The van der Waals surface area contributed by atoms with Crippen molar-refractivity contribution in [2.75, 3.05) is 10.2 Å². The first-order valence-corrected chi connectivity index (χ1v) is 13.8. The van der Waals surface area contributed by atoms with Crippen molar-refractivity contribution < 1.29 is 4.79 Å². The van der Waals surface area contributed by atoms with Gasteiger partial charge in [0.2, 0.25) is 5.91 Å². The zero-order valence-electron chi connectivity index (χ0n) is 22.7. The molecule has 0 spiro atoms. The van der Waals surface area contributed by atoms with Crippen LogP contribution in [0.5, 0.6) is 0 Å². The van der Waals surface area contributed by atoms with Crippen molar-refractivity contribution in [3.63, 3.8) is 0 Å². The quantitative estimate of drug-likeness (QED) is 0.245. The number of aryl methyl sites for hydroxylation is 2. The number of hydrogen-bond acceptors (Lipinski definition) is 3. The fraction of sp³-hybridized carbons (Fsp3) is 0.258. The van der Waals surface area contributed by atoms with E-state index in [2.05, 4.69) is 76.2 Å². The molecule has 8 heteroatoms. The van der Waals surface area contributed by atoms with Gasteiger partial charge in [-0.05, 0) is 92.6 Å². The molecule has 1 aliphatic rings. The molecule has 0 bridgehead atoms. The highest BCUT2D eigenvalue weighted by Crippen LogP contribution is 2.44. The molecule has 2 N–H and O–H groups in total. The van der Waals surface area contributed by atoms with Crippen molar-refractivity contribution >= 4 is 46.2 Å². The van der Waals surface area contributed by atoms with E-state index in [-0.39, 0.29) is 23.9 Å². The van der Waals surface area contributed by atoms with Crippen LogP contribution in [0.25, 0.3) is 5.69 Å². The number of pyridine rings is 1. The zero-order valence-corrected chi connectivity index (χ0v) is 24.3. The van der Waals surface area contributed by atoms with Crippen LogP contribution in [-0.2, 0) is 4.79 Å². The van der Waals surface area contributed by atoms with E-state index in [4.69, 9.17) is 23.8 Å². The highest BCUT2D eigenvalue weighted by molar-refractivity contribution is 7.80. The molecule has 2 aromatic heterocycles. The predicted molar refractivity (Wildman–Crippen MR) is 163 cm³/mol. The minimum atomic E-state index is -0.177. The maximum Gasteiger partial charge on any atom is 0.226 e. The summed E-state index contributed by atoms with van der Waals surface area (Å²) in [7, 11) is 0. The standard InChI is InChI=1S/C31H32ClN5OS/c1-18(2)30(38)34-26-13-12-23(17-25(26)32)37-29(28(35-31(37)39)27-11-6-7-14-33-27)24-16-20(4)36(21(24)5)22-10-8-9-19(3)15-22/h6-18,28-29H,1-5H3,(H,34,38)(H,35,39)/t28-,29-/m1/s1. The van der Waals surface area contributed by atoms with E-state index in [1.165, 1.54) is 5.56 Å². The van der Waals surface area contributed by atoms with Gasteiger partial charge in [0.1, 0.15) is 0 Å². The van der Waals surface area contributed by atoms with Gasteiger partial charge in [-0.15, -0.1) is 0 Å². The molecule has 1 amide bonds. The van der Waals surface area contributed by atoms with Crippen LogP contribution < -0.4 is 15.5 Å². The first-order valence-electron chi connectivity index (χ1n) is 13.0. The maximum atomic E-state index is 12.3. The number of carbonyl (C=O) groups excluding carboxylic acids is 1. The van der Waals surface area contributed by atoms with Gasteiger partial charge in [0.25, 0.3) is 0 Å². The van der Waals surface area contributed by atoms with Crippen LogP contribution in [-0.4, -0.2) is 20.6 Å². The third-order valence-corrected chi connectivity index (χ3v) is 7.79. The summed E-state index contributed by atoms with van der Waals surface area (Å²) in [6, 6.07) is 22.0. The lowest BCUT2D eigenvalue weighted by Crippen LogP contribution is -2.29. The second-order valence-electron chi connectivity index (χ2n) is 10.3. The van der Waals surface area contributed by atoms with Gasteiger partial charge in [-0.1, -0.05) is 43.6 Å². The van der Waals surface area contributed by atoms with Crippen molar-refractivity contribution in [2.24, 2.45) is 5.92 Å². The summed E-state index contributed by atoms with van der Waals surface area (Å²) >= 11 is 12.6. The highest BCUT2D eigenvalue weighted by atomic mass is 35.5. The van der Waals surface area contributed by atoms with Crippen LogP contribution in [0, 0.1) is 26.7 Å². The minimum Gasteiger partial charge on any atom is -0.351 e. The number of nitrogens with one attached hydrogen (secondary N) is 2. The number of carbonyl (C=O) groups is 1. The Bertz CT molecular complexity index is 1550. The molecule has 1 fully saturated rings. The normalized spacial score (nSPS) is 17.0. The molecule has 0 unspecified atom stereocenters. The number of nitrogens with zero attached hydrogens (tertiary/aromatic N) is 3. The lowest BCUT2D eigenvalue weighted by atomic mass is 9.96. The van der Waals surface area contributed by atoms with Gasteiger partial charge < -0.3 is 20.1 Å². The van der Waals surface area contributed by atoms with Crippen LogP contribution in [0.1, 0.15) is 54.1 Å². The van der Waals surface area contributed by atoms with E-state index in [0.717, 1.165) is 34.0 Å². The topological polar surface area (TPSA) is 62.2 Å². The van der Waals surface area contributed by atoms with Crippen LogP contribution in [0.15, 0.2) is 72.9 Å². The number of thiocarbonyl (C=S) groups is 1. The highest BCUT2D eigenvalue weighted by Gasteiger charge is 2.42. The Labute approximate surface area is 240 Å². The van der Waals surface area contributed by atoms with Gasteiger partial charge in [-0.3, -0.25) is 9.78 Å². The Kier molecular flexibility index (Phi) is 7.47. The third kappa shape index (κ3) is 5.16. The molecule has 0 aliphatic carbocycles. The number of hydrogen-bond donors (Lipinski definition) is 2. The second kappa shape index (κ2) is 10.8. The lowest BCUT2D eigenvalue weighted by Gasteiger charge is -2.28. The van der Waals surface area contributed by atoms with Crippen molar-refractivity contribution in [1.82, 2.24) is 14.9 Å². The van der Waals surface area contributed by atoms with Crippen molar-refractivity contribution in [3.8, 4) is 5.69 Å². The van der Waals surface area contributed by atoms with Crippen LogP contribution >= 0.6 is 23.8 Å². The van der Waals surface area contributed by atoms with Gasteiger partial charge in [0, 0.05) is 34.9 Å². The molecule has 1 saturated heterocycles. The Hall–Kier alpha value is -3.68. The fourth-order valence-electron chi connectivity index (χ4n) is 5.23. The van der Waals surface area contributed by atoms with E-state index in [0.29, 0.717) is 15.8 Å². The summed E-state index contributed by atoms with van der Waals surface area (Å²) in [4.78, 5) is 19.1. The first kappa shape index (κ1) is 26.9. The molecule has 3 heterocycles. The molecular formula is C31H32ClN5OS. The number of rotatable bonds is 6. The average molecular weight is 558 g/mol. The molecule has 5 rings (SSSR count). The molecule has 4 aromatic rings. The number of aromatic nitrogens is 2. The summed E-state index contributed by atoms with van der Waals surface area (Å²) in [6.45, 7) is 10.1. The molecule has 0 saturated carbocycles. The van der Waals surface area contributed by atoms with Gasteiger partial charge in [-0.2, -0.15) is 0 Å². The summed E-state index contributed by atoms with van der Waals surface area (Å²) in [5, 5.41) is 7.48. The lowest BCUT2D eigenvalue weighted by molar-refractivity contribution is -0.118. The van der Waals surface area contributed by atoms with Gasteiger partial charge in [0.15, 0.2) is 5.11 Å². The maximum absolute atomic E-state index is 12.3. The molecule has 39 heavy (non-hydrogen) atoms. The molecule has 2 aromatic carbocycles. The van der Waals surface area contributed by atoms with Crippen molar-refractivity contribution in [1.29, 1.82) is 0 Å². The van der Waals surface area contributed by atoms with Crippen LogP contribution in [0.3, 0.4) is 0 Å². The van der Waals surface area contributed by atoms with Crippen LogP contribution in [0.2, 0.25) is 5.02 Å². The smallest absolute Gasteiger partial charge is 0.226 e. The Morgan fingerprint density at radius 2 is 1.82 bits per heavy atom. The molecule has 0 radical (unpaired) electrons. The van der Waals surface area contributed by atoms with Crippen LogP contribution in [0.4, 0.5) is 11.4 Å². The summed E-state index contributed by atoms with van der Waals surface area (Å²) < 4.78 is 2.29. The van der Waals surface area contributed by atoms with E-state index in [1.54, 1.807) is 6.20 Å². The van der Waals surface area contributed by atoms with E-state index in [9.17, 15) is 4.79 Å². The number of benzene rings is 2. The largest absolute Gasteiger partial charge is 0.351 e. The van der Waals surface area contributed by atoms with Gasteiger partial charge in [0.05, 0.1) is 28.5 Å².